The Morgan fingerprint density at radius 1 is 0.531 bits per heavy atom. The SMILES string of the molecule is Cc1cc(C)c(B2c3ccccc3[SiH](c3c(C)cc(C)cc3C)c3ccccc32)c(C)c1. The largest absolute Gasteiger partial charge is 0.241 e. The van der Waals surface area contributed by atoms with Gasteiger partial charge in [0.05, 0.1) is 0 Å². The third-order valence-corrected chi connectivity index (χ3v) is 11.1. The summed E-state index contributed by atoms with van der Waals surface area (Å²) in [5, 5.41) is 4.78. The molecule has 0 N–H and O–H groups in total. The molecule has 1 aliphatic heterocycles. The highest BCUT2D eigenvalue weighted by Crippen LogP contribution is 2.12. The van der Waals surface area contributed by atoms with Crippen LogP contribution in [-0.2, 0) is 0 Å². The second-order valence-electron chi connectivity index (χ2n) is 9.75. The second-order valence-corrected chi connectivity index (χ2v) is 12.4. The Morgan fingerprint density at radius 2 is 0.938 bits per heavy atom. The van der Waals surface area contributed by atoms with Gasteiger partial charge < -0.3 is 0 Å². The normalized spacial score (nSPS) is 13.1. The smallest absolute Gasteiger partial charge is 0.0689 e. The van der Waals surface area contributed by atoms with E-state index in [1.165, 1.54) is 49.8 Å². The summed E-state index contributed by atoms with van der Waals surface area (Å²) in [5.74, 6) is 0. The van der Waals surface area contributed by atoms with Gasteiger partial charge in [-0.15, -0.1) is 0 Å². The van der Waals surface area contributed by atoms with Crippen LogP contribution in [0.4, 0.5) is 0 Å². The van der Waals surface area contributed by atoms with Crippen LogP contribution in [-0.4, -0.2) is 15.5 Å². The molecule has 0 bridgehead atoms. The fourth-order valence-electron chi connectivity index (χ4n) is 6.32. The van der Waals surface area contributed by atoms with E-state index in [-0.39, 0.29) is 0 Å². The maximum absolute atomic E-state index is 2.42. The molecule has 0 saturated heterocycles. The monoisotopic (exact) mass is 430 g/mol. The van der Waals surface area contributed by atoms with Crippen LogP contribution in [0.2, 0.25) is 0 Å². The van der Waals surface area contributed by atoms with Gasteiger partial charge in [-0.3, -0.25) is 0 Å². The molecule has 4 aromatic rings. The van der Waals surface area contributed by atoms with Gasteiger partial charge in [0.2, 0.25) is 6.71 Å². The molecule has 0 atom stereocenters. The average molecular weight is 430 g/mol. The van der Waals surface area contributed by atoms with Crippen molar-refractivity contribution in [3.8, 4) is 0 Å². The Morgan fingerprint density at radius 3 is 1.41 bits per heavy atom. The first-order valence-corrected chi connectivity index (χ1v) is 13.4. The van der Waals surface area contributed by atoms with Crippen molar-refractivity contribution in [2.45, 2.75) is 41.5 Å². The highest BCUT2D eigenvalue weighted by Gasteiger charge is 2.38. The Bertz CT molecular complexity index is 1150. The van der Waals surface area contributed by atoms with Crippen LogP contribution in [0.5, 0.6) is 0 Å². The lowest BCUT2D eigenvalue weighted by atomic mass is 9.35. The minimum Gasteiger partial charge on any atom is -0.0689 e. The van der Waals surface area contributed by atoms with Crippen LogP contribution in [0.3, 0.4) is 0 Å². The summed E-state index contributed by atoms with van der Waals surface area (Å²) in [6.07, 6.45) is 0. The van der Waals surface area contributed by atoms with Crippen LogP contribution < -0.4 is 31.9 Å². The zero-order valence-electron chi connectivity index (χ0n) is 20.1. The van der Waals surface area contributed by atoms with Crippen molar-refractivity contribution in [1.29, 1.82) is 0 Å². The molecule has 0 aromatic heterocycles. The quantitative estimate of drug-likeness (QED) is 0.378. The molecule has 0 amide bonds. The molecule has 0 fully saturated rings. The van der Waals surface area contributed by atoms with E-state index >= 15 is 0 Å². The van der Waals surface area contributed by atoms with Gasteiger partial charge in [-0.25, -0.2) is 0 Å². The lowest BCUT2D eigenvalue weighted by Gasteiger charge is -2.35. The van der Waals surface area contributed by atoms with Crippen LogP contribution in [0.1, 0.15) is 33.4 Å². The Balaban J connectivity index is 1.85. The molecule has 158 valence electrons. The van der Waals surface area contributed by atoms with Gasteiger partial charge in [-0.1, -0.05) is 133 Å². The Labute approximate surface area is 195 Å². The van der Waals surface area contributed by atoms with E-state index in [0.29, 0.717) is 6.71 Å². The number of rotatable bonds is 2. The maximum Gasteiger partial charge on any atom is 0.241 e. The summed E-state index contributed by atoms with van der Waals surface area (Å²) in [6, 6.07) is 28.1. The standard InChI is InChI=1S/C30H31BSi/c1-19-15-21(3)29(22(4)16-19)31-25-11-7-9-13-27(25)32(28-14-10-8-12-26(28)31)30-23(5)17-20(2)18-24(30)6/h7-18,32H,1-6H3. The predicted octanol–water partition coefficient (Wildman–Crippen LogP) is 2.62. The van der Waals surface area contributed by atoms with E-state index in [2.05, 4.69) is 114 Å². The van der Waals surface area contributed by atoms with Gasteiger partial charge in [-0.2, -0.15) is 0 Å². The third kappa shape index (κ3) is 3.29. The van der Waals surface area contributed by atoms with E-state index in [9.17, 15) is 0 Å². The number of benzene rings is 4. The van der Waals surface area contributed by atoms with E-state index < -0.39 is 8.80 Å². The zero-order valence-corrected chi connectivity index (χ0v) is 21.2. The summed E-state index contributed by atoms with van der Waals surface area (Å²) >= 11 is 0. The average Bonchev–Trinajstić information content (AvgIpc) is 2.73. The predicted molar refractivity (Wildman–Crippen MR) is 145 cm³/mol. The molecule has 0 spiro atoms. The molecule has 32 heavy (non-hydrogen) atoms. The van der Waals surface area contributed by atoms with E-state index in [4.69, 9.17) is 0 Å². The molecule has 5 rings (SSSR count). The Kier molecular flexibility index (Phi) is 5.22. The lowest BCUT2D eigenvalue weighted by Crippen LogP contribution is -2.75. The van der Waals surface area contributed by atoms with Crippen LogP contribution >= 0.6 is 0 Å². The van der Waals surface area contributed by atoms with Gasteiger partial charge in [0.25, 0.3) is 0 Å². The zero-order chi connectivity index (χ0) is 22.6. The summed E-state index contributed by atoms with van der Waals surface area (Å²) in [5.41, 5.74) is 12.9. The summed E-state index contributed by atoms with van der Waals surface area (Å²) in [6.45, 7) is 13.9. The van der Waals surface area contributed by atoms with Gasteiger partial charge in [0.15, 0.2) is 0 Å². The topological polar surface area (TPSA) is 0 Å². The van der Waals surface area contributed by atoms with Gasteiger partial charge in [-0.05, 0) is 46.7 Å². The summed E-state index contributed by atoms with van der Waals surface area (Å²) < 4.78 is 0. The first-order valence-electron chi connectivity index (χ1n) is 11.7. The molecule has 0 radical (unpaired) electrons. The van der Waals surface area contributed by atoms with E-state index in [1.54, 1.807) is 15.6 Å². The number of hydrogen-bond donors (Lipinski definition) is 0. The van der Waals surface area contributed by atoms with Crippen molar-refractivity contribution in [1.82, 2.24) is 0 Å². The summed E-state index contributed by atoms with van der Waals surface area (Å²) in [4.78, 5) is 0. The van der Waals surface area contributed by atoms with Crippen LogP contribution in [0, 0.1) is 41.5 Å². The van der Waals surface area contributed by atoms with Gasteiger partial charge >= 0.3 is 0 Å². The minimum absolute atomic E-state index is 0.304. The molecular formula is C30H31BSi. The van der Waals surface area contributed by atoms with Crippen molar-refractivity contribution in [3.05, 3.63) is 106 Å². The molecule has 1 heterocycles. The fraction of sp³-hybridized carbons (Fsp3) is 0.200. The molecule has 2 heteroatoms. The maximum atomic E-state index is 2.42. The molecule has 1 aliphatic rings. The number of fused-ring (bicyclic) bond motifs is 2. The highest BCUT2D eigenvalue weighted by molar-refractivity contribution is 7.11. The van der Waals surface area contributed by atoms with Crippen molar-refractivity contribution in [2.75, 3.05) is 0 Å². The van der Waals surface area contributed by atoms with Crippen molar-refractivity contribution in [2.24, 2.45) is 0 Å². The number of hydrogen-bond acceptors (Lipinski definition) is 0. The van der Waals surface area contributed by atoms with Crippen molar-refractivity contribution < 1.29 is 0 Å². The van der Waals surface area contributed by atoms with Crippen molar-refractivity contribution >= 4 is 47.5 Å². The van der Waals surface area contributed by atoms with E-state index in [1.807, 2.05) is 0 Å². The number of aryl methyl sites for hydroxylation is 6. The highest BCUT2D eigenvalue weighted by atomic mass is 28.3. The second kappa shape index (κ2) is 7.94. The first kappa shape index (κ1) is 21.0. The molecule has 4 aromatic carbocycles. The fourth-order valence-corrected chi connectivity index (χ4v) is 10.2. The molecular weight excluding hydrogens is 399 g/mol. The van der Waals surface area contributed by atoms with Crippen molar-refractivity contribution in [3.63, 3.8) is 0 Å². The molecule has 0 aliphatic carbocycles. The molecule has 0 nitrogen and oxygen atoms in total. The van der Waals surface area contributed by atoms with E-state index in [0.717, 1.165) is 0 Å². The molecule has 0 unspecified atom stereocenters. The lowest BCUT2D eigenvalue weighted by molar-refractivity contribution is 1.35. The molecule has 0 saturated carbocycles. The minimum atomic E-state index is -1.58. The third-order valence-electron chi connectivity index (χ3n) is 7.29. The first-order chi connectivity index (χ1) is 15.4. The van der Waals surface area contributed by atoms with Gasteiger partial charge in [0.1, 0.15) is 8.80 Å². The van der Waals surface area contributed by atoms with Gasteiger partial charge in [0, 0.05) is 0 Å². The summed E-state index contributed by atoms with van der Waals surface area (Å²) in [7, 11) is -1.58. The van der Waals surface area contributed by atoms with Crippen LogP contribution in [0.15, 0.2) is 72.8 Å². The Hall–Kier alpha value is -2.84. The van der Waals surface area contributed by atoms with Crippen LogP contribution in [0.25, 0.3) is 0 Å².